The molecule has 0 aliphatic carbocycles. The van der Waals surface area contributed by atoms with Gasteiger partial charge in [0.15, 0.2) is 0 Å². The molecule has 0 aromatic carbocycles. The van der Waals surface area contributed by atoms with Crippen molar-refractivity contribution in [2.45, 2.75) is 109 Å². The highest BCUT2D eigenvalue weighted by atomic mass is 16.5. The van der Waals surface area contributed by atoms with Crippen LogP contribution in [0.2, 0.25) is 0 Å². The zero-order valence-corrected chi connectivity index (χ0v) is 22.8. The van der Waals surface area contributed by atoms with Crippen molar-refractivity contribution in [1.29, 1.82) is 0 Å². The third-order valence-electron chi connectivity index (χ3n) is 7.03. The molecule has 37 heavy (non-hydrogen) atoms. The van der Waals surface area contributed by atoms with Crippen LogP contribution in [0.25, 0.3) is 0 Å². The molecule has 8 nitrogen and oxygen atoms in total. The number of likely N-dealkylation sites (tertiary alicyclic amines) is 2. The first-order valence-electron chi connectivity index (χ1n) is 14.6. The zero-order valence-electron chi connectivity index (χ0n) is 22.8. The van der Waals surface area contributed by atoms with E-state index in [0.29, 0.717) is 26.1 Å². The van der Waals surface area contributed by atoms with E-state index in [2.05, 4.69) is 0 Å². The fourth-order valence-corrected chi connectivity index (χ4v) is 4.78. The zero-order chi connectivity index (χ0) is 26.6. The lowest BCUT2D eigenvalue weighted by atomic mass is 10.2. The summed E-state index contributed by atoms with van der Waals surface area (Å²) < 4.78 is 10.4. The summed E-state index contributed by atoms with van der Waals surface area (Å²) in [5, 5.41) is 0. The maximum atomic E-state index is 12.0. The fourth-order valence-electron chi connectivity index (χ4n) is 4.78. The van der Waals surface area contributed by atoms with Crippen molar-refractivity contribution in [3.05, 3.63) is 12.2 Å². The summed E-state index contributed by atoms with van der Waals surface area (Å²) >= 11 is 0. The van der Waals surface area contributed by atoms with Crippen molar-refractivity contribution in [1.82, 2.24) is 9.80 Å². The standard InChI is InChI=1S/C29H48N2O6/c32-26-16-7-5-11-22-30(26)20-9-1-3-13-24-36-28(34)18-15-19-29(35)37-25-14-4-2-10-21-31-23-12-6-8-17-27(31)33/h15,18H,1-14,16-17,19-25H2/b18-15-. The van der Waals surface area contributed by atoms with Gasteiger partial charge in [0.05, 0.1) is 19.6 Å². The second-order valence-corrected chi connectivity index (χ2v) is 10.2. The van der Waals surface area contributed by atoms with Gasteiger partial charge >= 0.3 is 11.9 Å². The number of carbonyl (C=O) groups excluding carboxylic acids is 4. The second kappa shape index (κ2) is 19.7. The third-order valence-corrected chi connectivity index (χ3v) is 7.03. The Morgan fingerprint density at radius 1 is 0.649 bits per heavy atom. The Labute approximate surface area is 223 Å². The summed E-state index contributed by atoms with van der Waals surface area (Å²) in [7, 11) is 0. The van der Waals surface area contributed by atoms with Crippen LogP contribution in [0.3, 0.4) is 0 Å². The Bertz CT molecular complexity index is 723. The Hall–Kier alpha value is -2.38. The van der Waals surface area contributed by atoms with Crippen LogP contribution in [0.5, 0.6) is 0 Å². The summed E-state index contributed by atoms with van der Waals surface area (Å²) in [6, 6.07) is 0. The van der Waals surface area contributed by atoms with Crippen LogP contribution in [0.15, 0.2) is 12.2 Å². The Morgan fingerprint density at radius 2 is 1.16 bits per heavy atom. The van der Waals surface area contributed by atoms with Crippen molar-refractivity contribution < 1.29 is 28.7 Å². The molecule has 8 heteroatoms. The normalized spacial score (nSPS) is 17.1. The molecule has 0 saturated carbocycles. The lowest BCUT2D eigenvalue weighted by Crippen LogP contribution is -2.31. The largest absolute Gasteiger partial charge is 0.465 e. The van der Waals surface area contributed by atoms with Crippen LogP contribution < -0.4 is 0 Å². The summed E-state index contributed by atoms with van der Waals surface area (Å²) in [6.07, 6.45) is 18.3. The minimum atomic E-state index is -0.439. The van der Waals surface area contributed by atoms with Crippen molar-refractivity contribution in [3.63, 3.8) is 0 Å². The molecular weight excluding hydrogens is 472 g/mol. The number of ether oxygens (including phenoxy) is 2. The average Bonchev–Trinajstić information content (AvgIpc) is 3.22. The van der Waals surface area contributed by atoms with Crippen LogP contribution in [0.4, 0.5) is 0 Å². The van der Waals surface area contributed by atoms with E-state index in [9.17, 15) is 19.2 Å². The molecule has 2 fully saturated rings. The molecule has 0 radical (unpaired) electrons. The van der Waals surface area contributed by atoms with Gasteiger partial charge in [0.25, 0.3) is 0 Å². The summed E-state index contributed by atoms with van der Waals surface area (Å²) in [6.45, 7) is 4.19. The van der Waals surface area contributed by atoms with E-state index in [0.717, 1.165) is 116 Å². The molecule has 0 unspecified atom stereocenters. The van der Waals surface area contributed by atoms with Gasteiger partial charge in [0, 0.05) is 45.1 Å². The first-order chi connectivity index (χ1) is 18.1. The van der Waals surface area contributed by atoms with Crippen molar-refractivity contribution in [3.8, 4) is 0 Å². The van der Waals surface area contributed by atoms with Crippen LogP contribution in [0, 0.1) is 0 Å². The van der Waals surface area contributed by atoms with E-state index in [1.54, 1.807) is 0 Å². The molecule has 0 aromatic heterocycles. The molecule has 0 spiro atoms. The van der Waals surface area contributed by atoms with Gasteiger partial charge in [-0.25, -0.2) is 4.79 Å². The molecule has 2 saturated heterocycles. The molecule has 210 valence electrons. The number of carbonyl (C=O) groups is 4. The molecular formula is C29H48N2O6. The van der Waals surface area contributed by atoms with E-state index in [1.807, 2.05) is 9.80 Å². The molecule has 0 aromatic rings. The molecule has 2 aliphatic rings. The highest BCUT2D eigenvalue weighted by Crippen LogP contribution is 2.14. The van der Waals surface area contributed by atoms with Gasteiger partial charge in [0.2, 0.25) is 11.8 Å². The Balaban J connectivity index is 1.37. The Morgan fingerprint density at radius 3 is 1.73 bits per heavy atom. The number of rotatable bonds is 17. The molecule has 2 amide bonds. The van der Waals surface area contributed by atoms with Gasteiger partial charge in [-0.1, -0.05) is 31.8 Å². The first kappa shape index (κ1) is 30.8. The van der Waals surface area contributed by atoms with Crippen LogP contribution in [-0.2, 0) is 28.7 Å². The average molecular weight is 521 g/mol. The number of nitrogens with zero attached hydrogens (tertiary/aromatic N) is 2. The summed E-state index contributed by atoms with van der Waals surface area (Å²) in [5.41, 5.74) is 0. The number of amides is 2. The van der Waals surface area contributed by atoms with E-state index in [-0.39, 0.29) is 24.2 Å². The molecule has 0 bridgehead atoms. The molecule has 0 N–H and O–H groups in total. The lowest BCUT2D eigenvalue weighted by Gasteiger charge is -2.20. The highest BCUT2D eigenvalue weighted by molar-refractivity contribution is 5.83. The molecule has 2 heterocycles. The van der Waals surface area contributed by atoms with Gasteiger partial charge < -0.3 is 19.3 Å². The van der Waals surface area contributed by atoms with Gasteiger partial charge in [-0.2, -0.15) is 0 Å². The fraction of sp³-hybridized carbons (Fsp3) is 0.793. The van der Waals surface area contributed by atoms with E-state index >= 15 is 0 Å². The lowest BCUT2D eigenvalue weighted by molar-refractivity contribution is -0.142. The van der Waals surface area contributed by atoms with E-state index in [4.69, 9.17) is 9.47 Å². The third kappa shape index (κ3) is 14.8. The minimum Gasteiger partial charge on any atom is -0.465 e. The summed E-state index contributed by atoms with van der Waals surface area (Å²) in [4.78, 5) is 51.5. The smallest absolute Gasteiger partial charge is 0.330 e. The van der Waals surface area contributed by atoms with Gasteiger partial charge in [-0.3, -0.25) is 14.4 Å². The number of hydrogen-bond acceptors (Lipinski definition) is 6. The second-order valence-electron chi connectivity index (χ2n) is 10.2. The monoisotopic (exact) mass is 520 g/mol. The van der Waals surface area contributed by atoms with Crippen LogP contribution >= 0.6 is 0 Å². The van der Waals surface area contributed by atoms with E-state index in [1.165, 1.54) is 12.2 Å². The predicted octanol–water partition coefficient (Wildman–Crippen LogP) is 4.95. The van der Waals surface area contributed by atoms with Crippen molar-refractivity contribution in [2.24, 2.45) is 0 Å². The summed E-state index contributed by atoms with van der Waals surface area (Å²) in [5.74, 6) is -0.208. The van der Waals surface area contributed by atoms with Gasteiger partial charge in [0.1, 0.15) is 0 Å². The van der Waals surface area contributed by atoms with Gasteiger partial charge in [-0.15, -0.1) is 0 Å². The Kier molecular flexibility index (Phi) is 16.4. The predicted molar refractivity (Wildman–Crippen MR) is 143 cm³/mol. The maximum Gasteiger partial charge on any atom is 0.330 e. The van der Waals surface area contributed by atoms with Crippen molar-refractivity contribution in [2.75, 3.05) is 39.4 Å². The maximum absolute atomic E-state index is 12.0. The van der Waals surface area contributed by atoms with Crippen molar-refractivity contribution >= 4 is 23.8 Å². The molecule has 0 atom stereocenters. The number of unbranched alkanes of at least 4 members (excludes halogenated alkanes) is 6. The quantitative estimate of drug-likeness (QED) is 0.153. The molecule has 2 rings (SSSR count). The topological polar surface area (TPSA) is 93.2 Å². The highest BCUT2D eigenvalue weighted by Gasteiger charge is 2.16. The number of esters is 2. The minimum absolute atomic E-state index is 0.0569. The SMILES string of the molecule is O=C(/C=C\CC(=O)OCCCCCCN1CCCCCC1=O)OCCCCCCN1CCCCCC1=O. The van der Waals surface area contributed by atoms with E-state index < -0.39 is 5.97 Å². The first-order valence-corrected chi connectivity index (χ1v) is 14.6. The van der Waals surface area contributed by atoms with Crippen LogP contribution in [-0.4, -0.2) is 72.9 Å². The molecule has 2 aliphatic heterocycles. The van der Waals surface area contributed by atoms with Crippen LogP contribution in [0.1, 0.15) is 109 Å². The number of hydrogen-bond donors (Lipinski definition) is 0. The van der Waals surface area contributed by atoms with Gasteiger partial charge in [-0.05, 0) is 64.2 Å².